The highest BCUT2D eigenvalue weighted by Crippen LogP contribution is 2.16. The van der Waals surface area contributed by atoms with E-state index in [0.29, 0.717) is 6.04 Å². The maximum atomic E-state index is 8.67. The van der Waals surface area contributed by atoms with Gasteiger partial charge in [-0.15, -0.1) is 0 Å². The Balaban J connectivity index is 2.34. The maximum Gasteiger partial charge on any atom is 0.156 e. The van der Waals surface area contributed by atoms with Gasteiger partial charge in [0.2, 0.25) is 0 Å². The third kappa shape index (κ3) is 2.20. The van der Waals surface area contributed by atoms with E-state index in [0.717, 1.165) is 13.1 Å². The summed E-state index contributed by atoms with van der Waals surface area (Å²) in [6.45, 7) is 4.08. The van der Waals surface area contributed by atoms with Gasteiger partial charge >= 0.3 is 0 Å². The summed E-state index contributed by atoms with van der Waals surface area (Å²) in [4.78, 5) is 2.32. The van der Waals surface area contributed by atoms with Gasteiger partial charge in [-0.05, 0) is 26.3 Å². The first kappa shape index (κ1) is 9.50. The molecule has 1 aliphatic rings. The second kappa shape index (κ2) is 4.44. The van der Waals surface area contributed by atoms with Gasteiger partial charge in [0, 0.05) is 19.7 Å². The summed E-state index contributed by atoms with van der Waals surface area (Å²) >= 11 is 0. The van der Waals surface area contributed by atoms with Gasteiger partial charge in [0.15, 0.2) is 6.10 Å². The fourth-order valence-electron chi connectivity index (χ4n) is 1.65. The Morgan fingerprint density at radius 1 is 1.75 bits per heavy atom. The van der Waals surface area contributed by atoms with Crippen LogP contribution in [0.5, 0.6) is 0 Å². The van der Waals surface area contributed by atoms with Crippen molar-refractivity contribution >= 4 is 0 Å². The lowest BCUT2D eigenvalue weighted by Crippen LogP contribution is -2.34. The quantitative estimate of drug-likeness (QED) is 0.631. The topological polar surface area (TPSA) is 36.3 Å². The average Bonchev–Trinajstić information content (AvgIpc) is 2.47. The molecule has 0 saturated carbocycles. The van der Waals surface area contributed by atoms with Crippen LogP contribution < -0.4 is 0 Å². The molecule has 1 rings (SSSR count). The molecular weight excluding hydrogens is 152 g/mol. The van der Waals surface area contributed by atoms with Gasteiger partial charge in [0.25, 0.3) is 0 Å². The molecule has 3 nitrogen and oxygen atoms in total. The molecule has 12 heavy (non-hydrogen) atoms. The molecule has 0 amide bonds. The zero-order valence-corrected chi connectivity index (χ0v) is 7.79. The highest BCUT2D eigenvalue weighted by atomic mass is 16.5. The van der Waals surface area contributed by atoms with Crippen molar-refractivity contribution in [2.24, 2.45) is 0 Å². The van der Waals surface area contributed by atoms with Crippen molar-refractivity contribution in [2.45, 2.75) is 31.9 Å². The lowest BCUT2D eigenvalue weighted by Gasteiger charge is -2.22. The summed E-state index contributed by atoms with van der Waals surface area (Å²) in [6, 6.07) is 2.76. The zero-order chi connectivity index (χ0) is 8.97. The second-order valence-corrected chi connectivity index (χ2v) is 3.34. The first-order valence-corrected chi connectivity index (χ1v) is 4.44. The Hall–Kier alpha value is -0.590. The first-order chi connectivity index (χ1) is 5.77. The zero-order valence-electron chi connectivity index (χ0n) is 7.79. The van der Waals surface area contributed by atoms with E-state index in [9.17, 15) is 0 Å². The normalized spacial score (nSPS) is 26.9. The van der Waals surface area contributed by atoms with Crippen molar-refractivity contribution in [1.29, 1.82) is 5.26 Å². The maximum absolute atomic E-state index is 8.67. The lowest BCUT2D eigenvalue weighted by atomic mass is 10.2. The molecule has 1 aliphatic heterocycles. The number of hydrogen-bond acceptors (Lipinski definition) is 3. The van der Waals surface area contributed by atoms with Crippen molar-refractivity contribution in [1.82, 2.24) is 4.90 Å². The third-order valence-electron chi connectivity index (χ3n) is 2.52. The molecule has 0 N–H and O–H groups in total. The Labute approximate surface area is 73.9 Å². The van der Waals surface area contributed by atoms with Gasteiger partial charge < -0.3 is 4.74 Å². The van der Waals surface area contributed by atoms with Gasteiger partial charge in [-0.25, -0.2) is 0 Å². The predicted octanol–water partition coefficient (Wildman–Crippen LogP) is 1.01. The summed E-state index contributed by atoms with van der Waals surface area (Å²) in [6.07, 6.45) is 2.25. The minimum atomic E-state index is -0.259. The van der Waals surface area contributed by atoms with Crippen LogP contribution in [-0.2, 0) is 4.74 Å². The molecule has 0 spiro atoms. The fraction of sp³-hybridized carbons (Fsp3) is 0.889. The number of methoxy groups -OCH3 is 1. The molecule has 1 fully saturated rings. The third-order valence-corrected chi connectivity index (χ3v) is 2.52. The summed E-state index contributed by atoms with van der Waals surface area (Å²) in [5.41, 5.74) is 0. The number of hydrogen-bond donors (Lipinski definition) is 0. The average molecular weight is 168 g/mol. The van der Waals surface area contributed by atoms with Crippen LogP contribution in [0.15, 0.2) is 0 Å². The molecule has 1 heterocycles. The van der Waals surface area contributed by atoms with E-state index in [-0.39, 0.29) is 6.10 Å². The van der Waals surface area contributed by atoms with Crippen LogP contribution >= 0.6 is 0 Å². The standard InChI is InChI=1S/C9H16N2O/c1-8-4-3-5-11(8)7-9(6-10)12-2/h8-9H,3-5,7H2,1-2H3/t8-,9+/m0/s1. The fourth-order valence-corrected chi connectivity index (χ4v) is 1.65. The number of nitriles is 1. The van der Waals surface area contributed by atoms with Crippen molar-refractivity contribution in [3.63, 3.8) is 0 Å². The molecule has 0 radical (unpaired) electrons. The second-order valence-electron chi connectivity index (χ2n) is 3.34. The largest absolute Gasteiger partial charge is 0.365 e. The number of likely N-dealkylation sites (tertiary alicyclic amines) is 1. The predicted molar refractivity (Wildman–Crippen MR) is 46.7 cm³/mol. The number of nitrogens with zero attached hydrogens (tertiary/aromatic N) is 2. The number of ether oxygens (including phenoxy) is 1. The molecule has 0 aromatic carbocycles. The van der Waals surface area contributed by atoms with Crippen LogP contribution in [-0.4, -0.2) is 37.2 Å². The van der Waals surface area contributed by atoms with Crippen LogP contribution in [0, 0.1) is 11.3 Å². The van der Waals surface area contributed by atoms with Crippen molar-refractivity contribution in [3.05, 3.63) is 0 Å². The Morgan fingerprint density at radius 3 is 2.92 bits per heavy atom. The minimum Gasteiger partial charge on any atom is -0.365 e. The minimum absolute atomic E-state index is 0.259. The van der Waals surface area contributed by atoms with E-state index in [1.165, 1.54) is 12.8 Å². The highest BCUT2D eigenvalue weighted by Gasteiger charge is 2.22. The van der Waals surface area contributed by atoms with Crippen LogP contribution in [0.3, 0.4) is 0 Å². The lowest BCUT2D eigenvalue weighted by molar-refractivity contribution is 0.0988. The van der Waals surface area contributed by atoms with Crippen molar-refractivity contribution < 1.29 is 4.74 Å². The van der Waals surface area contributed by atoms with Gasteiger partial charge in [-0.2, -0.15) is 5.26 Å². The van der Waals surface area contributed by atoms with E-state index < -0.39 is 0 Å². The van der Waals surface area contributed by atoms with Gasteiger partial charge in [0.05, 0.1) is 6.07 Å². The highest BCUT2D eigenvalue weighted by molar-refractivity contribution is 4.89. The Bertz CT molecular complexity index is 176. The molecule has 3 heteroatoms. The monoisotopic (exact) mass is 168 g/mol. The van der Waals surface area contributed by atoms with Crippen molar-refractivity contribution in [2.75, 3.05) is 20.2 Å². The molecule has 0 aromatic heterocycles. The molecule has 0 bridgehead atoms. The Morgan fingerprint density at radius 2 is 2.50 bits per heavy atom. The number of rotatable bonds is 3. The van der Waals surface area contributed by atoms with Crippen LogP contribution in [0.25, 0.3) is 0 Å². The van der Waals surface area contributed by atoms with Crippen LogP contribution in [0.1, 0.15) is 19.8 Å². The summed E-state index contributed by atoms with van der Waals surface area (Å²) < 4.78 is 5.01. The van der Waals surface area contributed by atoms with Gasteiger partial charge in [-0.1, -0.05) is 0 Å². The molecule has 0 aromatic rings. The SMILES string of the molecule is CO[C@H](C#N)CN1CCC[C@@H]1C. The van der Waals surface area contributed by atoms with E-state index in [1.54, 1.807) is 7.11 Å². The van der Waals surface area contributed by atoms with Crippen molar-refractivity contribution in [3.8, 4) is 6.07 Å². The summed E-state index contributed by atoms with van der Waals surface area (Å²) in [5, 5.41) is 8.67. The molecule has 2 atom stereocenters. The first-order valence-electron chi connectivity index (χ1n) is 4.44. The van der Waals surface area contributed by atoms with E-state index >= 15 is 0 Å². The molecule has 0 unspecified atom stereocenters. The Kier molecular flexibility index (Phi) is 3.51. The summed E-state index contributed by atoms with van der Waals surface area (Å²) in [5.74, 6) is 0. The molecule has 1 saturated heterocycles. The van der Waals surface area contributed by atoms with Crippen LogP contribution in [0.4, 0.5) is 0 Å². The smallest absolute Gasteiger partial charge is 0.156 e. The molecular formula is C9H16N2O. The molecule has 0 aliphatic carbocycles. The van der Waals surface area contributed by atoms with E-state index in [1.807, 2.05) is 0 Å². The van der Waals surface area contributed by atoms with Gasteiger partial charge in [-0.3, -0.25) is 4.90 Å². The van der Waals surface area contributed by atoms with E-state index in [4.69, 9.17) is 10.00 Å². The van der Waals surface area contributed by atoms with E-state index in [2.05, 4.69) is 17.9 Å². The summed E-state index contributed by atoms with van der Waals surface area (Å²) in [7, 11) is 1.59. The molecule has 68 valence electrons. The van der Waals surface area contributed by atoms with Crippen LogP contribution in [0.2, 0.25) is 0 Å². The van der Waals surface area contributed by atoms with Gasteiger partial charge in [0.1, 0.15) is 0 Å².